The molecule has 1 atom stereocenters. The SMILES string of the molecule is C=C1NC=C(C(=O)NC(O)C(=O)N2CCCC2)C1=N/C(=C\C)c1cnn(CC)c1. The van der Waals surface area contributed by atoms with Crippen molar-refractivity contribution >= 4 is 23.2 Å². The van der Waals surface area contributed by atoms with Gasteiger partial charge in [0.25, 0.3) is 11.8 Å². The molecule has 3 rings (SSSR count). The van der Waals surface area contributed by atoms with Gasteiger partial charge in [-0.25, -0.2) is 4.99 Å². The van der Waals surface area contributed by atoms with Gasteiger partial charge in [-0.3, -0.25) is 14.3 Å². The van der Waals surface area contributed by atoms with E-state index in [1.54, 1.807) is 15.8 Å². The minimum Gasteiger partial charge on any atom is -0.365 e. The van der Waals surface area contributed by atoms with Gasteiger partial charge >= 0.3 is 0 Å². The maximum atomic E-state index is 12.7. The highest BCUT2D eigenvalue weighted by Crippen LogP contribution is 2.21. The number of aliphatic hydroxyl groups is 1. The molecule has 1 aromatic rings. The fraction of sp³-hybridized carbons (Fsp3) is 0.400. The van der Waals surface area contributed by atoms with Gasteiger partial charge in [0.05, 0.1) is 23.2 Å². The second-order valence-electron chi connectivity index (χ2n) is 6.81. The highest BCUT2D eigenvalue weighted by Gasteiger charge is 2.30. The lowest BCUT2D eigenvalue weighted by molar-refractivity contribution is -0.143. The molecule has 1 aromatic heterocycles. The summed E-state index contributed by atoms with van der Waals surface area (Å²) in [6, 6.07) is 0. The standard InChI is InChI=1S/C20H26N6O3/c1-4-16(14-10-22-26(5-2)12-14)23-17-13(3)21-11-15(17)18(27)24-19(28)20(29)25-8-6-7-9-25/h4,10-12,19,21,28H,3,5-9H2,1-2H3,(H,24,27)/b16-4-,23-17?. The molecule has 0 aromatic carbocycles. The number of rotatable bonds is 6. The number of amides is 2. The molecule has 1 fully saturated rings. The molecule has 2 amide bonds. The Labute approximate surface area is 169 Å². The van der Waals surface area contributed by atoms with Crippen molar-refractivity contribution in [3.05, 3.63) is 48.1 Å². The van der Waals surface area contributed by atoms with E-state index >= 15 is 0 Å². The maximum absolute atomic E-state index is 12.7. The van der Waals surface area contributed by atoms with Gasteiger partial charge in [-0.05, 0) is 26.7 Å². The Bertz CT molecular complexity index is 905. The van der Waals surface area contributed by atoms with Gasteiger partial charge in [-0.1, -0.05) is 12.7 Å². The van der Waals surface area contributed by atoms with E-state index in [9.17, 15) is 14.7 Å². The molecule has 0 saturated carbocycles. The van der Waals surface area contributed by atoms with Crippen LogP contribution in [-0.4, -0.2) is 56.6 Å². The summed E-state index contributed by atoms with van der Waals surface area (Å²) < 4.78 is 1.78. The van der Waals surface area contributed by atoms with Gasteiger partial charge in [0.2, 0.25) is 6.23 Å². The van der Waals surface area contributed by atoms with Gasteiger partial charge in [-0.15, -0.1) is 0 Å². The normalized spacial score (nSPS) is 19.3. The molecular formula is C20H26N6O3. The first-order valence-corrected chi connectivity index (χ1v) is 9.66. The van der Waals surface area contributed by atoms with E-state index in [-0.39, 0.29) is 5.57 Å². The Balaban J connectivity index is 1.75. The average molecular weight is 398 g/mol. The van der Waals surface area contributed by atoms with Crippen LogP contribution in [0.15, 0.2) is 47.5 Å². The van der Waals surface area contributed by atoms with Gasteiger partial charge in [-0.2, -0.15) is 5.10 Å². The lowest BCUT2D eigenvalue weighted by atomic mass is 10.1. The molecule has 3 N–H and O–H groups in total. The minimum absolute atomic E-state index is 0.200. The van der Waals surface area contributed by atoms with E-state index in [2.05, 4.69) is 27.3 Å². The largest absolute Gasteiger partial charge is 0.365 e. The summed E-state index contributed by atoms with van der Waals surface area (Å²) in [4.78, 5) is 31.0. The molecule has 0 bridgehead atoms. The van der Waals surface area contributed by atoms with E-state index in [0.29, 0.717) is 30.2 Å². The van der Waals surface area contributed by atoms with Crippen molar-refractivity contribution in [2.75, 3.05) is 13.1 Å². The lowest BCUT2D eigenvalue weighted by Crippen LogP contribution is -2.48. The fourth-order valence-electron chi connectivity index (χ4n) is 3.22. The highest BCUT2D eigenvalue weighted by molar-refractivity contribution is 6.30. The zero-order valence-electron chi connectivity index (χ0n) is 16.7. The second-order valence-corrected chi connectivity index (χ2v) is 6.81. The number of hydrogen-bond acceptors (Lipinski definition) is 6. The predicted octanol–water partition coefficient (Wildman–Crippen LogP) is 0.763. The van der Waals surface area contributed by atoms with Crippen LogP contribution in [0.4, 0.5) is 0 Å². The van der Waals surface area contributed by atoms with Crippen molar-refractivity contribution in [2.45, 2.75) is 39.5 Å². The number of carbonyl (C=O) groups excluding carboxylic acids is 2. The Morgan fingerprint density at radius 2 is 2.17 bits per heavy atom. The fourth-order valence-corrected chi connectivity index (χ4v) is 3.22. The molecule has 1 saturated heterocycles. The monoisotopic (exact) mass is 398 g/mol. The smallest absolute Gasteiger partial charge is 0.272 e. The summed E-state index contributed by atoms with van der Waals surface area (Å²) in [6.07, 6.45) is 7.06. The molecule has 9 nitrogen and oxygen atoms in total. The Morgan fingerprint density at radius 1 is 1.45 bits per heavy atom. The summed E-state index contributed by atoms with van der Waals surface area (Å²) in [5.74, 6) is -1.10. The molecular weight excluding hydrogens is 372 g/mol. The zero-order chi connectivity index (χ0) is 21.0. The van der Waals surface area contributed by atoms with Crippen LogP contribution in [0.5, 0.6) is 0 Å². The number of aryl methyl sites for hydroxylation is 1. The van der Waals surface area contributed by atoms with Crippen molar-refractivity contribution in [1.82, 2.24) is 25.3 Å². The van der Waals surface area contributed by atoms with Crippen molar-refractivity contribution in [3.8, 4) is 0 Å². The van der Waals surface area contributed by atoms with Crippen LogP contribution in [0.2, 0.25) is 0 Å². The van der Waals surface area contributed by atoms with Gasteiger partial charge in [0.15, 0.2) is 0 Å². The number of allylic oxidation sites excluding steroid dienone is 2. The van der Waals surface area contributed by atoms with Crippen LogP contribution in [0.1, 0.15) is 32.3 Å². The number of nitrogens with zero attached hydrogens (tertiary/aromatic N) is 4. The third kappa shape index (κ3) is 4.45. The Kier molecular flexibility index (Phi) is 6.28. The minimum atomic E-state index is -1.60. The molecule has 2 aliphatic heterocycles. The number of carbonyl (C=O) groups is 2. The molecule has 3 heterocycles. The quantitative estimate of drug-likeness (QED) is 0.613. The van der Waals surface area contributed by atoms with E-state index in [4.69, 9.17) is 0 Å². The van der Waals surface area contributed by atoms with Crippen LogP contribution in [-0.2, 0) is 16.1 Å². The molecule has 2 aliphatic rings. The van der Waals surface area contributed by atoms with Gasteiger partial charge < -0.3 is 20.6 Å². The van der Waals surface area contributed by atoms with Crippen LogP contribution >= 0.6 is 0 Å². The van der Waals surface area contributed by atoms with E-state index in [1.165, 1.54) is 6.20 Å². The summed E-state index contributed by atoms with van der Waals surface area (Å²) in [7, 11) is 0. The Morgan fingerprint density at radius 3 is 2.79 bits per heavy atom. The molecule has 0 spiro atoms. The number of likely N-dealkylation sites (tertiary alicyclic amines) is 1. The lowest BCUT2D eigenvalue weighted by Gasteiger charge is -2.20. The van der Waals surface area contributed by atoms with Crippen molar-refractivity contribution in [2.24, 2.45) is 4.99 Å². The predicted molar refractivity (Wildman–Crippen MR) is 109 cm³/mol. The molecule has 154 valence electrons. The highest BCUT2D eigenvalue weighted by atomic mass is 16.3. The van der Waals surface area contributed by atoms with Crippen LogP contribution in [0.25, 0.3) is 5.70 Å². The maximum Gasteiger partial charge on any atom is 0.272 e. The first-order chi connectivity index (χ1) is 13.9. The first kappa shape index (κ1) is 20.5. The number of aliphatic hydroxyl groups excluding tert-OH is 1. The van der Waals surface area contributed by atoms with E-state index < -0.39 is 18.0 Å². The average Bonchev–Trinajstić information content (AvgIpc) is 3.46. The van der Waals surface area contributed by atoms with Crippen LogP contribution in [0, 0.1) is 0 Å². The third-order valence-corrected chi connectivity index (χ3v) is 4.85. The molecule has 9 heteroatoms. The third-order valence-electron chi connectivity index (χ3n) is 4.85. The molecule has 0 aliphatic carbocycles. The van der Waals surface area contributed by atoms with E-state index in [0.717, 1.165) is 24.9 Å². The van der Waals surface area contributed by atoms with Crippen molar-refractivity contribution in [1.29, 1.82) is 0 Å². The van der Waals surface area contributed by atoms with Gasteiger partial charge in [0, 0.05) is 37.6 Å². The zero-order valence-corrected chi connectivity index (χ0v) is 16.7. The number of aromatic nitrogens is 2. The summed E-state index contributed by atoms with van der Waals surface area (Å²) >= 11 is 0. The first-order valence-electron chi connectivity index (χ1n) is 9.66. The number of aliphatic imine (C=N–C) groups is 1. The van der Waals surface area contributed by atoms with E-state index in [1.807, 2.05) is 26.1 Å². The van der Waals surface area contributed by atoms with Crippen molar-refractivity contribution < 1.29 is 14.7 Å². The van der Waals surface area contributed by atoms with Crippen LogP contribution in [0.3, 0.4) is 0 Å². The van der Waals surface area contributed by atoms with Gasteiger partial charge in [0.1, 0.15) is 5.71 Å². The summed E-state index contributed by atoms with van der Waals surface area (Å²) in [5, 5.41) is 19.6. The summed E-state index contributed by atoms with van der Waals surface area (Å²) in [6.45, 7) is 9.64. The van der Waals surface area contributed by atoms with Crippen LogP contribution < -0.4 is 10.6 Å². The molecule has 0 radical (unpaired) electrons. The Hall–Kier alpha value is -3.20. The van der Waals surface area contributed by atoms with Crippen molar-refractivity contribution in [3.63, 3.8) is 0 Å². The molecule has 1 unspecified atom stereocenters. The molecule has 29 heavy (non-hydrogen) atoms. The number of hydrogen-bond donors (Lipinski definition) is 3. The summed E-state index contributed by atoms with van der Waals surface area (Å²) in [5.41, 5.74) is 2.45. The number of nitrogens with one attached hydrogen (secondary N) is 2. The second kappa shape index (κ2) is 8.87. The topological polar surface area (TPSA) is 112 Å².